The van der Waals surface area contributed by atoms with Crippen molar-refractivity contribution in [3.05, 3.63) is 101 Å². The number of amides is 3. The fraction of sp³-hybridized carbons (Fsp3) is 0.380. The van der Waals surface area contributed by atoms with E-state index >= 15 is 0 Å². The molecule has 1 aliphatic carbocycles. The highest BCUT2D eigenvalue weighted by molar-refractivity contribution is 5.98. The number of anilines is 1. The number of ether oxygens (including phenoxy) is 7. The second-order valence-corrected chi connectivity index (χ2v) is 15.3. The van der Waals surface area contributed by atoms with Crippen molar-refractivity contribution in [2.24, 2.45) is 5.92 Å². The van der Waals surface area contributed by atoms with Crippen molar-refractivity contribution in [3.63, 3.8) is 0 Å². The lowest BCUT2D eigenvalue weighted by Gasteiger charge is -2.30. The topological polar surface area (TPSA) is 206 Å². The van der Waals surface area contributed by atoms with Crippen LogP contribution in [0.4, 0.5) is 5.69 Å². The molecule has 0 spiro atoms. The van der Waals surface area contributed by atoms with Crippen molar-refractivity contribution in [2.45, 2.75) is 64.7 Å². The largest absolute Gasteiger partial charge is 0.502 e. The number of rotatable bonds is 20. The van der Waals surface area contributed by atoms with Gasteiger partial charge in [0.1, 0.15) is 5.75 Å². The molecule has 0 saturated heterocycles. The zero-order valence-electron chi connectivity index (χ0n) is 38.4. The maximum absolute atomic E-state index is 12.8. The molecule has 4 aromatic rings. The highest BCUT2D eigenvalue weighted by Crippen LogP contribution is 2.43. The van der Waals surface area contributed by atoms with Crippen molar-refractivity contribution < 1.29 is 62.2 Å². The molecule has 1 aliphatic heterocycles. The minimum absolute atomic E-state index is 0.0394. The number of hydrogen-bond donors (Lipinski definition) is 4. The summed E-state index contributed by atoms with van der Waals surface area (Å²) >= 11 is 0. The van der Waals surface area contributed by atoms with Gasteiger partial charge in [0.05, 0.1) is 47.9 Å². The highest BCUT2D eigenvalue weighted by atomic mass is 16.7. The Morgan fingerprint density at radius 1 is 0.818 bits per heavy atom. The number of aryl methyl sites for hydroxylation is 2. The minimum atomic E-state index is -0.420. The Hall–Kier alpha value is -7.23. The van der Waals surface area contributed by atoms with E-state index < -0.39 is 5.97 Å². The van der Waals surface area contributed by atoms with Gasteiger partial charge >= 0.3 is 5.97 Å². The number of carbonyl (C=O) groups excluding carboxylic acids is 5. The van der Waals surface area contributed by atoms with Crippen LogP contribution in [0.1, 0.15) is 79.2 Å². The molecule has 2 atom stereocenters. The standard InChI is InChI=1S/C28H35N3O6.C14H16O4.C8H10O3/c1-20-6-8-21(9-7-20)16-22(24-18-23(36-2)10-11-25(24)31-19-32)17-27(34)30-15-5-4-14-29-26(33)12-13-28(35)37-3;1-9-11(6-16-7-15)3-2-10-4-13-14(5-12(9)10)18-8-17-13;1-10-6-4-3-5-7(11-2)8(6)9/h6-11,16,18-19H,4-5,12-15,17H2,1-3H3,(H,29,33)(H,30,34)(H,31,32);4-5,7,9,11H,2-3,6,8H2,1H3;3-5,9H,1-2H3/b22-16-;;. The molecule has 1 heterocycles. The van der Waals surface area contributed by atoms with Crippen LogP contribution >= 0.6 is 0 Å². The number of methoxy groups -OCH3 is 4. The van der Waals surface area contributed by atoms with Crippen molar-refractivity contribution in [1.29, 1.82) is 0 Å². The van der Waals surface area contributed by atoms with Crippen molar-refractivity contribution >= 4 is 48.0 Å². The first-order valence-electron chi connectivity index (χ1n) is 21.6. The van der Waals surface area contributed by atoms with Crippen LogP contribution in [0, 0.1) is 12.8 Å². The number of carbonyl (C=O) groups is 5. The predicted molar refractivity (Wildman–Crippen MR) is 249 cm³/mol. The van der Waals surface area contributed by atoms with Crippen molar-refractivity contribution in [1.82, 2.24) is 10.6 Å². The van der Waals surface area contributed by atoms with Crippen LogP contribution in [0.2, 0.25) is 0 Å². The van der Waals surface area contributed by atoms with Crippen LogP contribution in [-0.2, 0) is 39.9 Å². The Morgan fingerprint density at radius 2 is 1.48 bits per heavy atom. The molecule has 0 radical (unpaired) electrons. The number of hydrogen-bond acceptors (Lipinski definition) is 13. The average molecular weight is 912 g/mol. The third-order valence-electron chi connectivity index (χ3n) is 11.0. The van der Waals surface area contributed by atoms with Crippen LogP contribution in [-0.4, -0.2) is 90.7 Å². The lowest BCUT2D eigenvalue weighted by molar-refractivity contribution is -0.142. The second kappa shape index (κ2) is 27.2. The van der Waals surface area contributed by atoms with Gasteiger partial charge in [-0.25, -0.2) is 0 Å². The first-order chi connectivity index (χ1) is 31.9. The van der Waals surface area contributed by atoms with E-state index in [0.717, 1.165) is 41.0 Å². The van der Waals surface area contributed by atoms with E-state index in [4.69, 9.17) is 28.4 Å². The summed E-state index contributed by atoms with van der Waals surface area (Å²) in [5.74, 6) is 3.14. The van der Waals surface area contributed by atoms with Crippen molar-refractivity contribution in [3.8, 4) is 34.5 Å². The van der Waals surface area contributed by atoms with Gasteiger partial charge in [-0.1, -0.05) is 48.9 Å². The maximum atomic E-state index is 12.8. The number of benzene rings is 4. The molecule has 0 bridgehead atoms. The van der Waals surface area contributed by atoms with Crippen LogP contribution in [0.15, 0.2) is 72.8 Å². The SMILES string of the molecule is CC1c2cc3c(cc2CCC1COC=O)OCO3.COC(=O)CCC(=O)NCCCCNC(=O)C/C(=C/c1ccc(C)cc1)c1cc(OC)ccc1NC=O.COc1cccc(OC)c1O. The number of para-hydroxylation sites is 1. The molecule has 16 heteroatoms. The molecule has 2 aliphatic rings. The van der Waals surface area contributed by atoms with E-state index in [9.17, 15) is 29.1 Å². The third kappa shape index (κ3) is 15.8. The quantitative estimate of drug-likeness (QED) is 0.0302. The summed E-state index contributed by atoms with van der Waals surface area (Å²) in [6.07, 6.45) is 6.16. The summed E-state index contributed by atoms with van der Waals surface area (Å²) in [7, 11) is 5.83. The van der Waals surface area contributed by atoms with Gasteiger partial charge in [-0.3, -0.25) is 24.0 Å². The molecule has 4 aromatic carbocycles. The van der Waals surface area contributed by atoms with Gasteiger partial charge in [0.15, 0.2) is 23.0 Å². The summed E-state index contributed by atoms with van der Waals surface area (Å²) < 4.78 is 35.3. The minimum Gasteiger partial charge on any atom is -0.502 e. The zero-order chi connectivity index (χ0) is 47.8. The average Bonchev–Trinajstić information content (AvgIpc) is 3.80. The Morgan fingerprint density at radius 3 is 2.11 bits per heavy atom. The second-order valence-electron chi connectivity index (χ2n) is 15.3. The first kappa shape index (κ1) is 51.4. The summed E-state index contributed by atoms with van der Waals surface area (Å²) in [6, 6.07) is 22.5. The molecule has 0 saturated carbocycles. The molecule has 4 N–H and O–H groups in total. The van der Waals surface area contributed by atoms with Crippen LogP contribution < -0.4 is 39.6 Å². The summed E-state index contributed by atoms with van der Waals surface area (Å²) in [5.41, 5.74) is 6.67. The molecule has 2 unspecified atom stereocenters. The van der Waals surface area contributed by atoms with Gasteiger partial charge in [0, 0.05) is 36.7 Å². The van der Waals surface area contributed by atoms with Gasteiger partial charge in [-0.05, 0) is 103 Å². The van der Waals surface area contributed by atoms with Crippen LogP contribution in [0.3, 0.4) is 0 Å². The molecule has 0 aromatic heterocycles. The van der Waals surface area contributed by atoms with Gasteiger partial charge in [-0.2, -0.15) is 0 Å². The molecule has 0 fully saturated rings. The fourth-order valence-electron chi connectivity index (χ4n) is 7.25. The normalized spacial score (nSPS) is 14.3. The Balaban J connectivity index is 0.000000266. The van der Waals surface area contributed by atoms with Crippen LogP contribution in [0.5, 0.6) is 34.5 Å². The van der Waals surface area contributed by atoms with Gasteiger partial charge in [0.25, 0.3) is 6.47 Å². The predicted octanol–water partition coefficient (Wildman–Crippen LogP) is 7.13. The smallest absolute Gasteiger partial charge is 0.306 e. The number of esters is 1. The number of phenolic OH excluding ortho intramolecular Hbond substituents is 1. The Labute approximate surface area is 385 Å². The summed E-state index contributed by atoms with van der Waals surface area (Å²) in [6.45, 7) is 6.43. The maximum Gasteiger partial charge on any atom is 0.306 e. The Kier molecular flexibility index (Phi) is 21.2. The number of nitrogens with one attached hydrogen (secondary N) is 3. The van der Waals surface area contributed by atoms with E-state index in [0.29, 0.717) is 92.5 Å². The molecule has 6 rings (SSSR count). The number of phenols is 1. The zero-order valence-corrected chi connectivity index (χ0v) is 38.4. The molecular formula is C50H61N3O13. The third-order valence-corrected chi connectivity index (χ3v) is 11.0. The van der Waals surface area contributed by atoms with E-state index in [2.05, 4.69) is 39.7 Å². The van der Waals surface area contributed by atoms with Gasteiger partial charge in [0.2, 0.25) is 30.8 Å². The van der Waals surface area contributed by atoms with E-state index in [1.54, 1.807) is 43.5 Å². The number of unbranched alkanes of at least 4 members (excludes halogenated alkanes) is 1. The monoisotopic (exact) mass is 911 g/mol. The summed E-state index contributed by atoms with van der Waals surface area (Å²) in [4.78, 5) is 57.1. The van der Waals surface area contributed by atoms with E-state index in [1.807, 2.05) is 37.3 Å². The summed E-state index contributed by atoms with van der Waals surface area (Å²) in [5, 5.41) is 17.7. The molecule has 16 nitrogen and oxygen atoms in total. The lowest BCUT2D eigenvalue weighted by Crippen LogP contribution is -2.27. The van der Waals surface area contributed by atoms with E-state index in [1.165, 1.54) is 32.5 Å². The number of fused-ring (bicyclic) bond motifs is 2. The molecule has 66 heavy (non-hydrogen) atoms. The Bertz CT molecular complexity index is 2240. The number of aromatic hydroxyl groups is 1. The van der Waals surface area contributed by atoms with Gasteiger partial charge < -0.3 is 54.2 Å². The van der Waals surface area contributed by atoms with E-state index in [-0.39, 0.29) is 36.8 Å². The lowest BCUT2D eigenvalue weighted by atomic mass is 9.76. The first-order valence-corrected chi connectivity index (χ1v) is 21.6. The molecular weight excluding hydrogens is 851 g/mol. The van der Waals surface area contributed by atoms with Gasteiger partial charge in [-0.15, -0.1) is 0 Å². The van der Waals surface area contributed by atoms with Crippen LogP contribution in [0.25, 0.3) is 11.6 Å². The molecule has 354 valence electrons. The fourth-order valence-corrected chi connectivity index (χ4v) is 7.25. The van der Waals surface area contributed by atoms with Crippen molar-refractivity contribution in [2.75, 3.05) is 60.2 Å². The highest BCUT2D eigenvalue weighted by Gasteiger charge is 2.29. The molecule has 3 amide bonds.